The number of halogens is 3. The molecule has 0 atom stereocenters. The maximum absolute atomic E-state index is 12.3. The summed E-state index contributed by atoms with van der Waals surface area (Å²) in [6, 6.07) is 2.62. The minimum Gasteiger partial charge on any atom is -0.481 e. The van der Waals surface area contributed by atoms with E-state index in [9.17, 15) is 22.8 Å². The predicted octanol–water partition coefficient (Wildman–Crippen LogP) is 2.24. The Labute approximate surface area is 126 Å². The number of hydrogen-bond acceptors (Lipinski definition) is 5. The average molecular weight is 340 g/mol. The van der Waals surface area contributed by atoms with Gasteiger partial charge in [-0.25, -0.2) is 4.98 Å². The Kier molecular flexibility index (Phi) is 6.82. The fourth-order valence-corrected chi connectivity index (χ4v) is 2.41. The molecule has 2 N–H and O–H groups in total. The van der Waals surface area contributed by atoms with E-state index in [1.165, 1.54) is 18.3 Å². The molecule has 1 rings (SSSR count). The van der Waals surface area contributed by atoms with Crippen molar-refractivity contribution >= 4 is 35.4 Å². The van der Waals surface area contributed by atoms with Crippen LogP contribution < -0.4 is 5.32 Å². The molecule has 10 heteroatoms. The van der Waals surface area contributed by atoms with Crippen molar-refractivity contribution in [3.63, 3.8) is 0 Å². The van der Waals surface area contributed by atoms with Crippen LogP contribution in [0.4, 0.5) is 13.2 Å². The maximum atomic E-state index is 12.3. The lowest BCUT2D eigenvalue weighted by Gasteiger charge is -2.10. The standard InChI is InChI=1S/C11H11F3N2O3S2/c12-11(13,14)21-10-7(2-1-3-16-10)9(19)15-4-5-20-6-8(17)18/h1-3H,4-6H2,(H,15,19)(H,17,18). The molecular formula is C11H11F3N2O3S2. The van der Waals surface area contributed by atoms with E-state index < -0.39 is 34.2 Å². The fraction of sp³-hybridized carbons (Fsp3) is 0.364. The lowest BCUT2D eigenvalue weighted by Crippen LogP contribution is -2.27. The van der Waals surface area contributed by atoms with Gasteiger partial charge in [0, 0.05) is 30.3 Å². The Balaban J connectivity index is 2.56. The highest BCUT2D eigenvalue weighted by atomic mass is 32.2. The maximum Gasteiger partial charge on any atom is 0.447 e. The van der Waals surface area contributed by atoms with E-state index in [1.807, 2.05) is 0 Å². The monoisotopic (exact) mass is 340 g/mol. The van der Waals surface area contributed by atoms with Gasteiger partial charge in [-0.05, 0) is 12.1 Å². The lowest BCUT2D eigenvalue weighted by atomic mass is 10.3. The molecular weight excluding hydrogens is 329 g/mol. The summed E-state index contributed by atoms with van der Waals surface area (Å²) >= 11 is 0.646. The Bertz CT molecular complexity index is 512. The second-order valence-corrected chi connectivity index (χ2v) is 5.77. The number of carbonyl (C=O) groups is 2. The third kappa shape index (κ3) is 7.23. The zero-order valence-electron chi connectivity index (χ0n) is 10.5. The summed E-state index contributed by atoms with van der Waals surface area (Å²) in [6.45, 7) is 0.155. The molecule has 1 amide bonds. The van der Waals surface area contributed by atoms with Gasteiger partial charge in [0.05, 0.1) is 11.3 Å². The van der Waals surface area contributed by atoms with Gasteiger partial charge < -0.3 is 10.4 Å². The van der Waals surface area contributed by atoms with E-state index in [2.05, 4.69) is 10.3 Å². The Hall–Kier alpha value is -1.42. The third-order valence-corrected chi connectivity index (χ3v) is 3.68. The average Bonchev–Trinajstić information content (AvgIpc) is 2.36. The van der Waals surface area contributed by atoms with Crippen molar-refractivity contribution in [2.75, 3.05) is 18.1 Å². The molecule has 0 unspecified atom stereocenters. The quantitative estimate of drug-likeness (QED) is 0.585. The first-order valence-electron chi connectivity index (χ1n) is 5.58. The number of amides is 1. The minimum absolute atomic E-state index is 0.0993. The number of carboxylic acid groups (broad SMARTS) is 1. The Morgan fingerprint density at radius 1 is 1.38 bits per heavy atom. The van der Waals surface area contributed by atoms with Crippen LogP contribution in [-0.4, -0.2) is 45.5 Å². The highest BCUT2D eigenvalue weighted by molar-refractivity contribution is 8.00. The van der Waals surface area contributed by atoms with Gasteiger partial charge >= 0.3 is 11.5 Å². The summed E-state index contributed by atoms with van der Waals surface area (Å²) in [4.78, 5) is 25.6. The number of carbonyl (C=O) groups excluding carboxylic acids is 1. The molecule has 0 fully saturated rings. The van der Waals surface area contributed by atoms with Gasteiger partial charge in [0.1, 0.15) is 5.03 Å². The summed E-state index contributed by atoms with van der Waals surface area (Å²) in [7, 11) is 0. The van der Waals surface area contributed by atoms with Crippen LogP contribution in [0.5, 0.6) is 0 Å². The van der Waals surface area contributed by atoms with Crippen molar-refractivity contribution in [3.05, 3.63) is 23.9 Å². The molecule has 0 saturated carbocycles. The van der Waals surface area contributed by atoms with Gasteiger partial charge in [-0.15, -0.1) is 11.8 Å². The van der Waals surface area contributed by atoms with Crippen LogP contribution in [0.15, 0.2) is 23.4 Å². The summed E-state index contributed by atoms with van der Waals surface area (Å²) < 4.78 is 37.0. The van der Waals surface area contributed by atoms with Gasteiger partial charge in [0.15, 0.2) is 0 Å². The van der Waals surface area contributed by atoms with Crippen LogP contribution in [0, 0.1) is 0 Å². The first kappa shape index (κ1) is 17.6. The normalized spacial score (nSPS) is 11.2. The van der Waals surface area contributed by atoms with Crippen LogP contribution in [0.3, 0.4) is 0 Å². The third-order valence-electron chi connectivity index (χ3n) is 1.99. The van der Waals surface area contributed by atoms with Crippen LogP contribution in [0.2, 0.25) is 0 Å². The first-order valence-corrected chi connectivity index (χ1v) is 7.55. The summed E-state index contributed by atoms with van der Waals surface area (Å²) in [5.41, 5.74) is -4.69. The van der Waals surface area contributed by atoms with E-state index in [4.69, 9.17) is 5.11 Å². The molecule has 0 radical (unpaired) electrons. The van der Waals surface area contributed by atoms with Gasteiger partial charge in [-0.3, -0.25) is 9.59 Å². The molecule has 5 nitrogen and oxygen atoms in total. The van der Waals surface area contributed by atoms with E-state index in [0.717, 1.165) is 11.8 Å². The summed E-state index contributed by atoms with van der Waals surface area (Å²) in [5.74, 6) is -1.40. The second-order valence-electron chi connectivity index (χ2n) is 3.61. The topological polar surface area (TPSA) is 79.3 Å². The van der Waals surface area contributed by atoms with Gasteiger partial charge in [0.25, 0.3) is 5.91 Å². The molecule has 1 heterocycles. The molecule has 116 valence electrons. The zero-order valence-corrected chi connectivity index (χ0v) is 12.1. The van der Waals surface area contributed by atoms with Gasteiger partial charge in [-0.1, -0.05) is 0 Å². The van der Waals surface area contributed by atoms with Crippen molar-refractivity contribution in [2.24, 2.45) is 0 Å². The number of nitrogens with one attached hydrogen (secondary N) is 1. The molecule has 0 bridgehead atoms. The zero-order chi connectivity index (χ0) is 15.9. The van der Waals surface area contributed by atoms with E-state index in [1.54, 1.807) is 0 Å². The SMILES string of the molecule is O=C(O)CSCCNC(=O)c1cccnc1SC(F)(F)F. The molecule has 0 aliphatic carbocycles. The number of carboxylic acids is 1. The predicted molar refractivity (Wildman–Crippen MR) is 73.4 cm³/mol. The number of rotatable bonds is 7. The van der Waals surface area contributed by atoms with Crippen LogP contribution in [0.25, 0.3) is 0 Å². The minimum atomic E-state index is -4.53. The Morgan fingerprint density at radius 2 is 2.10 bits per heavy atom. The number of nitrogens with zero attached hydrogens (tertiary/aromatic N) is 1. The van der Waals surface area contributed by atoms with E-state index in [-0.39, 0.29) is 17.9 Å². The largest absolute Gasteiger partial charge is 0.481 e. The van der Waals surface area contributed by atoms with Crippen molar-refractivity contribution in [1.29, 1.82) is 0 Å². The lowest BCUT2D eigenvalue weighted by molar-refractivity contribution is -0.133. The second kappa shape index (κ2) is 8.13. The van der Waals surface area contributed by atoms with Crippen molar-refractivity contribution < 1.29 is 27.9 Å². The molecule has 1 aromatic heterocycles. The first-order chi connectivity index (χ1) is 9.79. The molecule has 1 aromatic rings. The smallest absolute Gasteiger partial charge is 0.447 e. The van der Waals surface area contributed by atoms with Crippen molar-refractivity contribution in [1.82, 2.24) is 10.3 Å². The van der Waals surface area contributed by atoms with Gasteiger partial charge in [0.2, 0.25) is 0 Å². The molecule has 0 saturated heterocycles. The fourth-order valence-electron chi connectivity index (χ4n) is 1.25. The number of thioether (sulfide) groups is 2. The highest BCUT2D eigenvalue weighted by Gasteiger charge is 2.32. The molecule has 0 spiro atoms. The number of hydrogen-bond donors (Lipinski definition) is 2. The molecule has 0 aromatic carbocycles. The Morgan fingerprint density at radius 3 is 2.71 bits per heavy atom. The van der Waals surface area contributed by atoms with Crippen molar-refractivity contribution in [2.45, 2.75) is 10.5 Å². The van der Waals surface area contributed by atoms with Crippen LogP contribution >= 0.6 is 23.5 Å². The number of aromatic nitrogens is 1. The van der Waals surface area contributed by atoms with Crippen LogP contribution in [0.1, 0.15) is 10.4 Å². The van der Waals surface area contributed by atoms with E-state index in [0.29, 0.717) is 5.75 Å². The van der Waals surface area contributed by atoms with Crippen molar-refractivity contribution in [3.8, 4) is 0 Å². The molecule has 21 heavy (non-hydrogen) atoms. The summed E-state index contributed by atoms with van der Waals surface area (Å²) in [6.07, 6.45) is 1.17. The number of pyridine rings is 1. The number of alkyl halides is 3. The summed E-state index contributed by atoms with van der Waals surface area (Å²) in [5, 5.41) is 10.4. The van der Waals surface area contributed by atoms with E-state index >= 15 is 0 Å². The van der Waals surface area contributed by atoms with Crippen LogP contribution in [-0.2, 0) is 4.79 Å². The van der Waals surface area contributed by atoms with Gasteiger partial charge in [-0.2, -0.15) is 13.2 Å². The number of aliphatic carboxylic acids is 1. The highest BCUT2D eigenvalue weighted by Crippen LogP contribution is 2.37. The molecule has 0 aliphatic heterocycles. The molecule has 0 aliphatic rings.